The molecule has 1 aromatic heterocycles. The van der Waals surface area contributed by atoms with E-state index in [-0.39, 0.29) is 5.82 Å². The number of nitrogens with zero attached hydrogens (tertiary/aromatic N) is 4. The van der Waals surface area contributed by atoms with Crippen molar-refractivity contribution in [3.8, 4) is 0 Å². The first-order valence-corrected chi connectivity index (χ1v) is 9.77. The lowest BCUT2D eigenvalue weighted by molar-refractivity contribution is 0.305. The van der Waals surface area contributed by atoms with Crippen LogP contribution in [0.25, 0.3) is 0 Å². The number of hydrogen-bond donors (Lipinski definition) is 0. The van der Waals surface area contributed by atoms with E-state index < -0.39 is 0 Å². The maximum atomic E-state index is 13.4. The van der Waals surface area contributed by atoms with E-state index in [9.17, 15) is 4.39 Å². The van der Waals surface area contributed by atoms with Gasteiger partial charge < -0.3 is 4.57 Å². The zero-order valence-corrected chi connectivity index (χ0v) is 16.2. The van der Waals surface area contributed by atoms with E-state index >= 15 is 0 Å². The minimum Gasteiger partial charge on any atom is -0.301 e. The summed E-state index contributed by atoms with van der Waals surface area (Å²) in [7, 11) is 2.07. The molecular weight excluding hydrogens is 359 g/mol. The zero-order valence-electron chi connectivity index (χ0n) is 15.4. The maximum Gasteiger partial charge on any atom is 0.191 e. The average Bonchev–Trinajstić information content (AvgIpc) is 3.03. The Kier molecular flexibility index (Phi) is 6.79. The van der Waals surface area contributed by atoms with Gasteiger partial charge in [0.15, 0.2) is 5.16 Å². The minimum absolute atomic E-state index is 0.219. The van der Waals surface area contributed by atoms with Gasteiger partial charge in [0, 0.05) is 18.8 Å². The van der Waals surface area contributed by atoms with Gasteiger partial charge in [-0.2, -0.15) is 0 Å². The monoisotopic (exact) mass is 382 g/mol. The van der Waals surface area contributed by atoms with E-state index in [2.05, 4.69) is 45.4 Å². The summed E-state index contributed by atoms with van der Waals surface area (Å²) in [6.07, 6.45) is 1.84. The lowest BCUT2D eigenvalue weighted by Gasteiger charge is -2.17. The SMILES string of the molecule is C=CCn1c(CN(C)Cc2ccccc2)nnc1SCc1cccc(F)c1. The van der Waals surface area contributed by atoms with Gasteiger partial charge in [-0.15, -0.1) is 16.8 Å². The van der Waals surface area contributed by atoms with Gasteiger partial charge in [0.25, 0.3) is 0 Å². The fraction of sp³-hybridized carbons (Fsp3) is 0.238. The molecule has 140 valence electrons. The molecule has 3 aromatic rings. The highest BCUT2D eigenvalue weighted by molar-refractivity contribution is 7.98. The molecule has 0 amide bonds. The molecule has 4 nitrogen and oxygen atoms in total. The van der Waals surface area contributed by atoms with Crippen molar-refractivity contribution in [3.63, 3.8) is 0 Å². The lowest BCUT2D eigenvalue weighted by Crippen LogP contribution is -2.20. The molecule has 2 aromatic carbocycles. The largest absolute Gasteiger partial charge is 0.301 e. The van der Waals surface area contributed by atoms with Gasteiger partial charge in [-0.3, -0.25) is 4.90 Å². The lowest BCUT2D eigenvalue weighted by atomic mass is 10.2. The van der Waals surface area contributed by atoms with Crippen molar-refractivity contribution in [1.29, 1.82) is 0 Å². The number of thioether (sulfide) groups is 1. The Morgan fingerprint density at radius 3 is 2.59 bits per heavy atom. The molecule has 0 saturated carbocycles. The van der Waals surface area contributed by atoms with E-state index in [1.807, 2.05) is 30.3 Å². The van der Waals surface area contributed by atoms with Crippen molar-refractivity contribution in [2.45, 2.75) is 30.5 Å². The van der Waals surface area contributed by atoms with Crippen molar-refractivity contribution in [2.24, 2.45) is 0 Å². The minimum atomic E-state index is -0.219. The quantitative estimate of drug-likeness (QED) is 0.402. The molecule has 0 radical (unpaired) electrons. The van der Waals surface area contributed by atoms with Crippen LogP contribution < -0.4 is 0 Å². The standard InChI is InChI=1S/C21H23FN4S/c1-3-12-26-20(15-25(2)14-17-8-5-4-6-9-17)23-24-21(26)27-16-18-10-7-11-19(22)13-18/h3-11,13H,1,12,14-16H2,2H3. The molecule has 0 saturated heterocycles. The molecule has 27 heavy (non-hydrogen) atoms. The van der Waals surface area contributed by atoms with Crippen LogP contribution in [0.15, 0.2) is 72.4 Å². The predicted octanol–water partition coefficient (Wildman–Crippen LogP) is 4.53. The molecule has 0 fully saturated rings. The van der Waals surface area contributed by atoms with Gasteiger partial charge in [0.1, 0.15) is 11.6 Å². The second kappa shape index (κ2) is 9.48. The number of allylic oxidation sites excluding steroid dienone is 1. The average molecular weight is 383 g/mol. The Morgan fingerprint density at radius 1 is 1.07 bits per heavy atom. The molecule has 0 unspecified atom stereocenters. The normalized spacial score (nSPS) is 11.1. The van der Waals surface area contributed by atoms with Gasteiger partial charge in [-0.1, -0.05) is 60.3 Å². The summed E-state index contributed by atoms with van der Waals surface area (Å²) in [5.41, 5.74) is 2.19. The van der Waals surface area contributed by atoms with Crippen molar-refractivity contribution < 1.29 is 4.39 Å². The smallest absolute Gasteiger partial charge is 0.191 e. The first-order valence-electron chi connectivity index (χ1n) is 8.78. The van der Waals surface area contributed by atoms with Gasteiger partial charge >= 0.3 is 0 Å². The molecular formula is C21H23FN4S. The number of hydrogen-bond acceptors (Lipinski definition) is 4. The van der Waals surface area contributed by atoms with Gasteiger partial charge in [-0.05, 0) is 30.3 Å². The summed E-state index contributed by atoms with van der Waals surface area (Å²) < 4.78 is 15.4. The van der Waals surface area contributed by atoms with E-state index in [0.717, 1.165) is 23.1 Å². The third-order valence-electron chi connectivity index (χ3n) is 4.07. The second-order valence-corrected chi connectivity index (χ2v) is 7.32. The molecule has 6 heteroatoms. The van der Waals surface area contributed by atoms with Gasteiger partial charge in [0.05, 0.1) is 6.54 Å². The Morgan fingerprint density at radius 2 is 1.85 bits per heavy atom. The fourth-order valence-electron chi connectivity index (χ4n) is 2.82. The Hall–Kier alpha value is -2.44. The van der Waals surface area contributed by atoms with Crippen molar-refractivity contribution in [2.75, 3.05) is 7.05 Å². The summed E-state index contributed by atoms with van der Waals surface area (Å²) >= 11 is 1.56. The highest BCUT2D eigenvalue weighted by Gasteiger charge is 2.14. The third kappa shape index (κ3) is 5.52. The van der Waals surface area contributed by atoms with Crippen LogP contribution in [0, 0.1) is 5.82 Å². The summed E-state index contributed by atoms with van der Waals surface area (Å²) in [5.74, 6) is 1.33. The molecule has 0 bridgehead atoms. The van der Waals surface area contributed by atoms with Crippen LogP contribution in [0.5, 0.6) is 0 Å². The molecule has 0 N–H and O–H groups in total. The summed E-state index contributed by atoms with van der Waals surface area (Å²) in [5, 5.41) is 9.54. The molecule has 0 spiro atoms. The highest BCUT2D eigenvalue weighted by atomic mass is 32.2. The molecule has 0 aliphatic carbocycles. The van der Waals surface area contributed by atoms with Crippen LogP contribution in [-0.2, 0) is 25.4 Å². The molecule has 1 heterocycles. The number of halogens is 1. The Labute approximate surface area is 163 Å². The summed E-state index contributed by atoms with van der Waals surface area (Å²) in [6, 6.07) is 17.0. The first kappa shape index (κ1) is 19.3. The van der Waals surface area contributed by atoms with Crippen LogP contribution in [0.2, 0.25) is 0 Å². The van der Waals surface area contributed by atoms with Crippen LogP contribution in [0.4, 0.5) is 4.39 Å². The molecule has 0 aliphatic rings. The van der Waals surface area contributed by atoms with Crippen LogP contribution in [0.3, 0.4) is 0 Å². The number of benzene rings is 2. The molecule has 0 aliphatic heterocycles. The fourth-order valence-corrected chi connectivity index (χ4v) is 3.73. The topological polar surface area (TPSA) is 34.0 Å². The van der Waals surface area contributed by atoms with Crippen LogP contribution in [0.1, 0.15) is 17.0 Å². The van der Waals surface area contributed by atoms with E-state index in [4.69, 9.17) is 0 Å². The van der Waals surface area contributed by atoms with Crippen molar-refractivity contribution >= 4 is 11.8 Å². The second-order valence-electron chi connectivity index (χ2n) is 6.37. The number of rotatable bonds is 9. The highest BCUT2D eigenvalue weighted by Crippen LogP contribution is 2.23. The summed E-state index contributed by atoms with van der Waals surface area (Å²) in [4.78, 5) is 2.21. The zero-order chi connectivity index (χ0) is 19.1. The van der Waals surface area contributed by atoms with E-state index in [0.29, 0.717) is 18.8 Å². The van der Waals surface area contributed by atoms with E-state index in [1.165, 1.54) is 11.6 Å². The molecule has 0 atom stereocenters. The third-order valence-corrected chi connectivity index (χ3v) is 5.11. The first-order chi connectivity index (χ1) is 13.2. The Bertz CT molecular complexity index is 879. The Balaban J connectivity index is 1.67. The van der Waals surface area contributed by atoms with Gasteiger partial charge in [-0.25, -0.2) is 4.39 Å². The molecule has 3 rings (SSSR count). The van der Waals surface area contributed by atoms with Crippen molar-refractivity contribution in [1.82, 2.24) is 19.7 Å². The van der Waals surface area contributed by atoms with Gasteiger partial charge in [0.2, 0.25) is 0 Å². The number of aromatic nitrogens is 3. The van der Waals surface area contributed by atoms with Crippen molar-refractivity contribution in [3.05, 3.63) is 90.0 Å². The summed E-state index contributed by atoms with van der Waals surface area (Å²) in [6.45, 7) is 6.02. The van der Waals surface area contributed by atoms with Crippen LogP contribution in [-0.4, -0.2) is 26.7 Å². The van der Waals surface area contributed by atoms with Crippen LogP contribution >= 0.6 is 11.8 Å². The predicted molar refractivity (Wildman–Crippen MR) is 108 cm³/mol. The van der Waals surface area contributed by atoms with E-state index in [1.54, 1.807) is 23.9 Å². The maximum absolute atomic E-state index is 13.4.